The zero-order valence-corrected chi connectivity index (χ0v) is 9.39. The second-order valence-electron chi connectivity index (χ2n) is 1.37. The first kappa shape index (κ1) is 16.9. The van der Waals surface area contributed by atoms with E-state index in [4.69, 9.17) is 0 Å². The molecule has 1 aromatic carbocycles. The van der Waals surface area contributed by atoms with Crippen molar-refractivity contribution in [1.82, 2.24) is 0 Å². The van der Waals surface area contributed by atoms with E-state index in [1.807, 2.05) is 18.2 Å². The van der Waals surface area contributed by atoms with Gasteiger partial charge in [-0.25, -0.2) is 0 Å². The molecule has 54 valence electrons. The van der Waals surface area contributed by atoms with Crippen LogP contribution in [0.25, 0.3) is 0 Å². The van der Waals surface area contributed by atoms with Crippen LogP contribution in [0, 0.1) is 0 Å². The SMILES string of the molecule is [Cl-].[Cl-].[Cl-].[Ge+3][c]1ccccc1. The molecule has 0 radical (unpaired) electrons. The molecule has 0 unspecified atom stereocenters. The second-order valence-corrected chi connectivity index (χ2v) is 2.58. The van der Waals surface area contributed by atoms with Gasteiger partial charge in [0.2, 0.25) is 0 Å². The molecule has 0 nitrogen and oxygen atoms in total. The van der Waals surface area contributed by atoms with Crippen LogP contribution in [-0.2, 0) is 0 Å². The van der Waals surface area contributed by atoms with E-state index in [2.05, 4.69) is 28.6 Å². The molecule has 0 N–H and O–H groups in total. The topological polar surface area (TPSA) is 0 Å². The van der Waals surface area contributed by atoms with Crippen molar-refractivity contribution in [3.05, 3.63) is 30.3 Å². The second kappa shape index (κ2) is 9.63. The van der Waals surface area contributed by atoms with E-state index in [1.165, 1.54) is 4.40 Å². The van der Waals surface area contributed by atoms with Gasteiger partial charge in [-0.1, -0.05) is 0 Å². The van der Waals surface area contributed by atoms with Gasteiger partial charge in [-0.15, -0.1) is 0 Å². The molecule has 1 aromatic rings. The Hall–Kier alpha value is 0.633. The van der Waals surface area contributed by atoms with Crippen LogP contribution in [0.3, 0.4) is 0 Å². The molecule has 0 amide bonds. The fourth-order valence-electron chi connectivity index (χ4n) is 0.438. The summed E-state index contributed by atoms with van der Waals surface area (Å²) in [4.78, 5) is 0. The Morgan fingerprint density at radius 1 is 0.800 bits per heavy atom. The van der Waals surface area contributed by atoms with Crippen LogP contribution in [0.2, 0.25) is 0 Å². The van der Waals surface area contributed by atoms with Gasteiger partial charge in [-0.2, -0.15) is 0 Å². The van der Waals surface area contributed by atoms with Crippen molar-refractivity contribution < 1.29 is 37.2 Å². The zero-order chi connectivity index (χ0) is 5.11. The molecule has 0 aromatic heterocycles. The van der Waals surface area contributed by atoms with Crippen molar-refractivity contribution in [3.63, 3.8) is 0 Å². The van der Waals surface area contributed by atoms with Crippen molar-refractivity contribution in [2.24, 2.45) is 0 Å². The third-order valence-electron chi connectivity index (χ3n) is 0.774. The van der Waals surface area contributed by atoms with Gasteiger partial charge in [0.15, 0.2) is 0 Å². The van der Waals surface area contributed by atoms with E-state index >= 15 is 0 Å². The molecule has 0 aliphatic carbocycles. The Balaban J connectivity index is -0.000000163. The Bertz CT molecular complexity index is 143. The van der Waals surface area contributed by atoms with Gasteiger partial charge in [-0.3, -0.25) is 0 Å². The molecule has 0 bridgehead atoms. The Morgan fingerprint density at radius 3 is 1.40 bits per heavy atom. The fraction of sp³-hybridized carbons (Fsp3) is 0. The van der Waals surface area contributed by atoms with E-state index in [9.17, 15) is 0 Å². The predicted molar refractivity (Wildman–Crippen MR) is 31.8 cm³/mol. The third-order valence-corrected chi connectivity index (χ3v) is 1.47. The third kappa shape index (κ3) is 6.75. The molecule has 0 aliphatic rings. The van der Waals surface area contributed by atoms with Gasteiger partial charge in [0, 0.05) is 0 Å². The van der Waals surface area contributed by atoms with E-state index < -0.39 is 0 Å². The molecule has 0 saturated heterocycles. The normalized spacial score (nSPS) is 6.20. The maximum atomic E-state index is 2.08. The van der Waals surface area contributed by atoms with Gasteiger partial charge in [0.25, 0.3) is 0 Å². The van der Waals surface area contributed by atoms with Crippen LogP contribution in [-0.4, -0.2) is 16.5 Å². The summed E-state index contributed by atoms with van der Waals surface area (Å²) in [5.74, 6) is 0. The van der Waals surface area contributed by atoms with Crippen LogP contribution in [0.1, 0.15) is 0 Å². The summed E-state index contributed by atoms with van der Waals surface area (Å²) < 4.78 is 1.32. The van der Waals surface area contributed by atoms with E-state index in [0.29, 0.717) is 0 Å². The average molecular weight is 256 g/mol. The Labute approximate surface area is 88.2 Å². The summed E-state index contributed by atoms with van der Waals surface area (Å²) in [6.45, 7) is 0. The first-order valence-electron chi connectivity index (χ1n) is 2.16. The minimum absolute atomic E-state index is 0. The van der Waals surface area contributed by atoms with Crippen LogP contribution in [0.15, 0.2) is 30.3 Å². The molecule has 4 heteroatoms. The zero-order valence-electron chi connectivity index (χ0n) is 5.02. The molecular weight excluding hydrogens is 251 g/mol. The first-order chi connectivity index (χ1) is 3.39. The number of rotatable bonds is 0. The van der Waals surface area contributed by atoms with Gasteiger partial charge in [-0.05, 0) is 0 Å². The monoisotopic (exact) mass is 256 g/mol. The Kier molecular flexibility index (Phi) is 16.3. The molecule has 1 rings (SSSR count). The van der Waals surface area contributed by atoms with Crippen LogP contribution < -0.4 is 41.6 Å². The van der Waals surface area contributed by atoms with Gasteiger partial charge < -0.3 is 37.2 Å². The summed E-state index contributed by atoms with van der Waals surface area (Å²) in [7, 11) is 0. The fourth-order valence-corrected chi connectivity index (χ4v) is 0.842. The molecular formula is C6H5Cl3Ge. The van der Waals surface area contributed by atoms with Crippen molar-refractivity contribution in [2.45, 2.75) is 0 Å². The molecule has 0 heterocycles. The van der Waals surface area contributed by atoms with E-state index in [-0.39, 0.29) is 37.2 Å². The van der Waals surface area contributed by atoms with Crippen LogP contribution >= 0.6 is 0 Å². The number of halogens is 3. The summed E-state index contributed by atoms with van der Waals surface area (Å²) in [5.41, 5.74) is 0. The average Bonchev–Trinajstić information content (AvgIpc) is 1.69. The molecule has 0 saturated carbocycles. The van der Waals surface area contributed by atoms with E-state index in [0.717, 1.165) is 0 Å². The Morgan fingerprint density at radius 2 is 1.20 bits per heavy atom. The standard InChI is InChI=1S/C6H5Ge.3ClH/c7-6-4-2-1-3-5-6;;;/h1-5H;3*1H/q+3;;;/p-3. The number of benzene rings is 1. The van der Waals surface area contributed by atoms with Gasteiger partial charge in [0.1, 0.15) is 0 Å². The number of hydrogen-bond acceptors (Lipinski definition) is 0. The molecule has 0 spiro atoms. The van der Waals surface area contributed by atoms with Gasteiger partial charge in [0.05, 0.1) is 0 Å². The van der Waals surface area contributed by atoms with Gasteiger partial charge >= 0.3 is 51.2 Å². The molecule has 0 fully saturated rings. The molecule has 10 heavy (non-hydrogen) atoms. The van der Waals surface area contributed by atoms with Crippen molar-refractivity contribution >= 4 is 20.9 Å². The maximum absolute atomic E-state index is 2.08. The summed E-state index contributed by atoms with van der Waals surface area (Å²) >= 11 is 2.08. The molecule has 0 aliphatic heterocycles. The van der Waals surface area contributed by atoms with Crippen molar-refractivity contribution in [1.29, 1.82) is 0 Å². The molecule has 0 atom stereocenters. The van der Waals surface area contributed by atoms with Crippen LogP contribution in [0.5, 0.6) is 0 Å². The minimum atomic E-state index is 0. The summed E-state index contributed by atoms with van der Waals surface area (Å²) in [6.07, 6.45) is 0. The van der Waals surface area contributed by atoms with Crippen molar-refractivity contribution in [3.8, 4) is 0 Å². The van der Waals surface area contributed by atoms with E-state index in [1.54, 1.807) is 0 Å². The summed E-state index contributed by atoms with van der Waals surface area (Å²) in [6, 6.07) is 10.3. The van der Waals surface area contributed by atoms with Crippen molar-refractivity contribution in [2.75, 3.05) is 0 Å². The quantitative estimate of drug-likeness (QED) is 0.404. The summed E-state index contributed by atoms with van der Waals surface area (Å²) in [5, 5.41) is 0. The first-order valence-corrected chi connectivity index (χ1v) is 3.21. The predicted octanol–water partition coefficient (Wildman–Crippen LogP) is -8.51. The van der Waals surface area contributed by atoms with Crippen LogP contribution in [0.4, 0.5) is 0 Å². The number of hydrogen-bond donors (Lipinski definition) is 0.